The standard InChI is InChI=1S/C25H28N2O3/c1-18-6-8-19(9-7-18)21(22-17-26-23-5-3-2-4-20(22)23)16-24(28)27-12-10-25(11-13-27)29-14-15-30-25/h2-9,17,21,26H,10-16H2,1H3. The monoisotopic (exact) mass is 404 g/mol. The molecule has 0 saturated carbocycles. The van der Waals surface area contributed by atoms with Crippen LogP contribution in [0.4, 0.5) is 0 Å². The molecule has 3 heterocycles. The smallest absolute Gasteiger partial charge is 0.223 e. The SMILES string of the molecule is Cc1ccc(C(CC(=O)N2CCC3(CC2)OCCO3)c2c[nH]c3ccccc23)cc1. The van der Waals surface area contributed by atoms with Crippen LogP contribution in [0.2, 0.25) is 0 Å². The summed E-state index contributed by atoms with van der Waals surface area (Å²) < 4.78 is 11.6. The average Bonchev–Trinajstić information content (AvgIpc) is 3.40. The van der Waals surface area contributed by atoms with Crippen molar-refractivity contribution in [2.24, 2.45) is 0 Å². The Balaban J connectivity index is 1.40. The second-order valence-electron chi connectivity index (χ2n) is 8.45. The fraction of sp³-hybridized carbons (Fsp3) is 0.400. The number of piperidine rings is 1. The van der Waals surface area contributed by atoms with Crippen molar-refractivity contribution in [1.82, 2.24) is 9.88 Å². The van der Waals surface area contributed by atoms with E-state index in [0.717, 1.165) is 18.4 Å². The summed E-state index contributed by atoms with van der Waals surface area (Å²) in [6, 6.07) is 16.9. The molecule has 0 radical (unpaired) electrons. The number of aryl methyl sites for hydroxylation is 1. The van der Waals surface area contributed by atoms with Crippen molar-refractivity contribution in [2.45, 2.75) is 37.9 Å². The third kappa shape index (κ3) is 3.64. The van der Waals surface area contributed by atoms with Crippen molar-refractivity contribution in [3.8, 4) is 0 Å². The van der Waals surface area contributed by atoms with Gasteiger partial charge in [-0.2, -0.15) is 0 Å². The molecule has 5 rings (SSSR count). The highest BCUT2D eigenvalue weighted by atomic mass is 16.7. The first kappa shape index (κ1) is 19.3. The third-order valence-electron chi connectivity index (χ3n) is 6.55. The van der Waals surface area contributed by atoms with Crippen molar-refractivity contribution < 1.29 is 14.3 Å². The second-order valence-corrected chi connectivity index (χ2v) is 8.45. The van der Waals surface area contributed by atoms with Gasteiger partial charge in [0.1, 0.15) is 0 Å². The van der Waals surface area contributed by atoms with Crippen LogP contribution in [0.25, 0.3) is 10.9 Å². The summed E-state index contributed by atoms with van der Waals surface area (Å²) in [5.41, 5.74) is 4.68. The largest absolute Gasteiger partial charge is 0.361 e. The number of carbonyl (C=O) groups is 1. The molecule has 2 fully saturated rings. The number of hydrogen-bond donors (Lipinski definition) is 1. The van der Waals surface area contributed by atoms with Gasteiger partial charge in [0.15, 0.2) is 5.79 Å². The Morgan fingerprint density at radius 2 is 1.77 bits per heavy atom. The normalized spacial score (nSPS) is 19.4. The van der Waals surface area contributed by atoms with Crippen LogP contribution in [0.1, 0.15) is 41.9 Å². The number of H-pyrrole nitrogens is 1. The van der Waals surface area contributed by atoms with Gasteiger partial charge in [0, 0.05) is 55.4 Å². The summed E-state index contributed by atoms with van der Waals surface area (Å²) in [4.78, 5) is 18.7. The molecule has 2 aliphatic heterocycles. The number of para-hydroxylation sites is 1. The fourth-order valence-corrected chi connectivity index (χ4v) is 4.77. The van der Waals surface area contributed by atoms with Crippen molar-refractivity contribution >= 4 is 16.8 Å². The molecule has 2 saturated heterocycles. The Bertz CT molecular complexity index is 1020. The molecule has 0 aliphatic carbocycles. The Morgan fingerprint density at radius 3 is 2.50 bits per heavy atom. The molecule has 156 valence electrons. The first-order valence-electron chi connectivity index (χ1n) is 10.8. The van der Waals surface area contributed by atoms with E-state index >= 15 is 0 Å². The molecule has 1 amide bonds. The van der Waals surface area contributed by atoms with E-state index in [0.29, 0.717) is 32.7 Å². The maximum absolute atomic E-state index is 13.3. The Hall–Kier alpha value is -2.63. The summed E-state index contributed by atoms with van der Waals surface area (Å²) >= 11 is 0. The topological polar surface area (TPSA) is 54.6 Å². The van der Waals surface area contributed by atoms with Crippen molar-refractivity contribution in [3.63, 3.8) is 0 Å². The number of fused-ring (bicyclic) bond motifs is 1. The molecule has 5 nitrogen and oxygen atoms in total. The summed E-state index contributed by atoms with van der Waals surface area (Å²) in [5, 5.41) is 1.18. The van der Waals surface area contributed by atoms with Crippen LogP contribution in [-0.4, -0.2) is 47.9 Å². The minimum Gasteiger partial charge on any atom is -0.361 e. The maximum atomic E-state index is 13.3. The highest BCUT2D eigenvalue weighted by Gasteiger charge is 2.41. The molecule has 3 aromatic rings. The van der Waals surface area contributed by atoms with E-state index < -0.39 is 5.79 Å². The molecule has 2 aromatic carbocycles. The van der Waals surface area contributed by atoms with Gasteiger partial charge in [0.2, 0.25) is 5.91 Å². The number of amides is 1. The Kier molecular flexibility index (Phi) is 5.09. The Morgan fingerprint density at radius 1 is 1.07 bits per heavy atom. The average molecular weight is 405 g/mol. The molecule has 1 spiro atoms. The number of ether oxygens (including phenoxy) is 2. The van der Waals surface area contributed by atoms with Crippen LogP contribution in [0.3, 0.4) is 0 Å². The molecule has 1 N–H and O–H groups in total. The number of nitrogens with zero attached hydrogens (tertiary/aromatic N) is 1. The Labute approximate surface area is 177 Å². The van der Waals surface area contributed by atoms with Gasteiger partial charge in [-0.1, -0.05) is 48.0 Å². The molecular weight excluding hydrogens is 376 g/mol. The lowest BCUT2D eigenvalue weighted by Crippen LogP contribution is -2.47. The van der Waals surface area contributed by atoms with Gasteiger partial charge >= 0.3 is 0 Å². The van der Waals surface area contributed by atoms with E-state index in [1.54, 1.807) is 0 Å². The fourth-order valence-electron chi connectivity index (χ4n) is 4.77. The lowest BCUT2D eigenvalue weighted by atomic mass is 9.87. The van der Waals surface area contributed by atoms with Crippen LogP contribution in [-0.2, 0) is 14.3 Å². The molecule has 1 unspecified atom stereocenters. The van der Waals surface area contributed by atoms with Gasteiger partial charge in [-0.15, -0.1) is 0 Å². The number of likely N-dealkylation sites (tertiary alicyclic amines) is 1. The number of hydrogen-bond acceptors (Lipinski definition) is 3. The lowest BCUT2D eigenvalue weighted by Gasteiger charge is -2.38. The zero-order valence-corrected chi connectivity index (χ0v) is 17.4. The predicted octanol–water partition coefficient (Wildman–Crippen LogP) is 4.36. The van der Waals surface area contributed by atoms with Crippen molar-refractivity contribution in [2.75, 3.05) is 26.3 Å². The van der Waals surface area contributed by atoms with Crippen molar-refractivity contribution in [3.05, 3.63) is 71.4 Å². The summed E-state index contributed by atoms with van der Waals surface area (Å²) in [5.74, 6) is -0.243. The van der Waals surface area contributed by atoms with E-state index in [-0.39, 0.29) is 11.8 Å². The van der Waals surface area contributed by atoms with Crippen LogP contribution in [0.5, 0.6) is 0 Å². The quantitative estimate of drug-likeness (QED) is 0.703. The first-order valence-corrected chi connectivity index (χ1v) is 10.8. The van der Waals surface area contributed by atoms with Crippen molar-refractivity contribution in [1.29, 1.82) is 0 Å². The van der Waals surface area contributed by atoms with Gasteiger partial charge < -0.3 is 19.4 Å². The summed E-state index contributed by atoms with van der Waals surface area (Å²) in [6.07, 6.45) is 4.02. The highest BCUT2D eigenvalue weighted by molar-refractivity contribution is 5.86. The molecule has 0 bridgehead atoms. The molecule has 1 aromatic heterocycles. The number of aromatic nitrogens is 1. The van der Waals surface area contributed by atoms with Gasteiger partial charge in [-0.05, 0) is 24.1 Å². The number of aromatic amines is 1. The second kappa shape index (κ2) is 7.89. The van der Waals surface area contributed by atoms with Gasteiger partial charge in [0.25, 0.3) is 0 Å². The minimum absolute atomic E-state index is 0.0177. The first-order chi connectivity index (χ1) is 14.6. The van der Waals surface area contributed by atoms with E-state index in [1.807, 2.05) is 11.0 Å². The highest BCUT2D eigenvalue weighted by Crippen LogP contribution is 2.36. The number of carbonyl (C=O) groups excluding carboxylic acids is 1. The zero-order valence-electron chi connectivity index (χ0n) is 17.4. The van der Waals surface area contributed by atoms with E-state index in [9.17, 15) is 4.79 Å². The van der Waals surface area contributed by atoms with E-state index in [2.05, 4.69) is 60.6 Å². The maximum Gasteiger partial charge on any atom is 0.223 e. The van der Waals surface area contributed by atoms with E-state index in [1.165, 1.54) is 22.1 Å². The number of nitrogens with one attached hydrogen (secondary N) is 1. The van der Waals surface area contributed by atoms with Gasteiger partial charge in [0.05, 0.1) is 13.2 Å². The molecule has 1 atom stereocenters. The van der Waals surface area contributed by atoms with Gasteiger partial charge in [-0.25, -0.2) is 0 Å². The van der Waals surface area contributed by atoms with Gasteiger partial charge in [-0.3, -0.25) is 4.79 Å². The molecular formula is C25H28N2O3. The predicted molar refractivity (Wildman–Crippen MR) is 116 cm³/mol. The molecule has 5 heteroatoms. The van der Waals surface area contributed by atoms with Crippen LogP contribution < -0.4 is 0 Å². The number of rotatable bonds is 4. The lowest BCUT2D eigenvalue weighted by molar-refractivity contribution is -0.187. The number of benzene rings is 2. The minimum atomic E-state index is -0.454. The molecule has 30 heavy (non-hydrogen) atoms. The van der Waals surface area contributed by atoms with Crippen LogP contribution in [0.15, 0.2) is 54.7 Å². The third-order valence-corrected chi connectivity index (χ3v) is 6.55. The van der Waals surface area contributed by atoms with Crippen LogP contribution in [0, 0.1) is 6.92 Å². The zero-order chi connectivity index (χ0) is 20.6. The van der Waals surface area contributed by atoms with E-state index in [4.69, 9.17) is 9.47 Å². The molecule has 2 aliphatic rings. The summed E-state index contributed by atoms with van der Waals surface area (Å²) in [7, 11) is 0. The van der Waals surface area contributed by atoms with Crippen LogP contribution >= 0.6 is 0 Å². The summed E-state index contributed by atoms with van der Waals surface area (Å²) in [6.45, 7) is 4.78.